The van der Waals surface area contributed by atoms with Crippen LogP contribution >= 0.6 is 0 Å². The molecule has 0 aliphatic heterocycles. The number of carboxylic acid groups (broad SMARTS) is 2. The van der Waals surface area contributed by atoms with Gasteiger partial charge >= 0.3 is 59.1 Å². The first kappa shape index (κ1) is 17.4. The molecule has 0 aliphatic rings. The molecule has 7 heteroatoms. The van der Waals surface area contributed by atoms with Crippen LogP contribution in [0.2, 0.25) is 0 Å². The van der Waals surface area contributed by atoms with Crippen molar-refractivity contribution in [2.75, 3.05) is 5.73 Å². The van der Waals surface area contributed by atoms with Gasteiger partial charge in [-0.25, -0.2) is 0 Å². The first-order valence-corrected chi connectivity index (χ1v) is 3.35. The van der Waals surface area contributed by atoms with E-state index in [1.807, 2.05) is 0 Å². The number of anilines is 1. The fourth-order valence-corrected chi connectivity index (χ4v) is 0.968. The number of aromatic carboxylic acids is 2. The standard InChI is InChI=1S/C8H7NO4.2Na/c9-5-3-1-2-4(7(10)11)6(5)8(12)13;;/h1-3H,9H2,(H,10,11)(H,12,13);;/q;2*+1/p-2. The molecular formula is C8H5NNa2O4. The zero-order valence-corrected chi connectivity index (χ0v) is 12.4. The van der Waals surface area contributed by atoms with E-state index in [1.165, 1.54) is 12.1 Å². The SMILES string of the molecule is Nc1cccc(C(=O)[O-])c1C(=O)[O-].[Na+].[Na+]. The number of rotatable bonds is 2. The summed E-state index contributed by atoms with van der Waals surface area (Å²) in [6, 6.07) is 3.70. The molecule has 1 aromatic rings. The number of carbonyl (C=O) groups excluding carboxylic acids is 2. The van der Waals surface area contributed by atoms with Crippen molar-refractivity contribution in [1.29, 1.82) is 0 Å². The normalized spacial score (nSPS) is 8.27. The molecule has 0 aromatic heterocycles. The van der Waals surface area contributed by atoms with Gasteiger partial charge in [0.05, 0.1) is 11.9 Å². The van der Waals surface area contributed by atoms with Gasteiger partial charge in [0.2, 0.25) is 0 Å². The third kappa shape index (κ3) is 4.14. The van der Waals surface area contributed by atoms with E-state index in [1.54, 1.807) is 0 Å². The quantitative estimate of drug-likeness (QED) is 0.397. The second kappa shape index (κ2) is 7.27. The molecule has 5 nitrogen and oxygen atoms in total. The van der Waals surface area contributed by atoms with Gasteiger partial charge in [0, 0.05) is 16.8 Å². The van der Waals surface area contributed by atoms with E-state index in [4.69, 9.17) is 5.73 Å². The minimum atomic E-state index is -1.63. The summed E-state index contributed by atoms with van der Waals surface area (Å²) in [4.78, 5) is 20.9. The van der Waals surface area contributed by atoms with Gasteiger partial charge < -0.3 is 25.5 Å². The van der Waals surface area contributed by atoms with Gasteiger partial charge in [-0.15, -0.1) is 0 Å². The van der Waals surface area contributed by atoms with Crippen LogP contribution < -0.4 is 75.1 Å². The van der Waals surface area contributed by atoms with Gasteiger partial charge in [-0.1, -0.05) is 12.1 Å². The maximum Gasteiger partial charge on any atom is 1.00 e. The van der Waals surface area contributed by atoms with Crippen LogP contribution in [0.4, 0.5) is 5.69 Å². The predicted octanol–water partition coefficient (Wildman–Crippen LogP) is -8.00. The molecule has 0 amide bonds. The van der Waals surface area contributed by atoms with Crippen molar-refractivity contribution in [2.45, 2.75) is 0 Å². The Morgan fingerprint density at radius 3 is 1.93 bits per heavy atom. The summed E-state index contributed by atoms with van der Waals surface area (Å²) in [7, 11) is 0. The molecule has 1 aromatic carbocycles. The summed E-state index contributed by atoms with van der Waals surface area (Å²) in [6.07, 6.45) is 0. The van der Waals surface area contributed by atoms with Crippen LogP contribution in [0.15, 0.2) is 18.2 Å². The van der Waals surface area contributed by atoms with Crippen molar-refractivity contribution in [1.82, 2.24) is 0 Å². The fraction of sp³-hybridized carbons (Fsp3) is 0. The molecule has 0 fully saturated rings. The second-order valence-corrected chi connectivity index (χ2v) is 2.34. The van der Waals surface area contributed by atoms with Crippen molar-refractivity contribution < 1.29 is 78.9 Å². The molecule has 0 bridgehead atoms. The van der Waals surface area contributed by atoms with E-state index in [-0.39, 0.29) is 64.8 Å². The number of carboxylic acids is 2. The number of hydrogen-bond acceptors (Lipinski definition) is 5. The topological polar surface area (TPSA) is 106 Å². The Balaban J connectivity index is 0. The zero-order valence-electron chi connectivity index (χ0n) is 8.44. The van der Waals surface area contributed by atoms with Crippen molar-refractivity contribution in [3.8, 4) is 0 Å². The fourth-order valence-electron chi connectivity index (χ4n) is 0.968. The maximum atomic E-state index is 10.5. The molecule has 0 saturated heterocycles. The smallest absolute Gasteiger partial charge is 0.545 e. The summed E-state index contributed by atoms with van der Waals surface area (Å²) in [5.41, 5.74) is 4.09. The summed E-state index contributed by atoms with van der Waals surface area (Å²) >= 11 is 0. The molecule has 2 N–H and O–H groups in total. The minimum absolute atomic E-state index is 0. The Labute approximate surface area is 130 Å². The molecule has 68 valence electrons. The van der Waals surface area contributed by atoms with Crippen LogP contribution in [-0.4, -0.2) is 11.9 Å². The van der Waals surface area contributed by atoms with Gasteiger partial charge in [-0.05, 0) is 6.07 Å². The molecule has 0 atom stereocenters. The summed E-state index contributed by atoms with van der Waals surface area (Å²) in [5.74, 6) is -3.22. The van der Waals surface area contributed by atoms with Gasteiger partial charge in [0.1, 0.15) is 0 Å². The van der Waals surface area contributed by atoms with E-state index in [9.17, 15) is 19.8 Å². The summed E-state index contributed by atoms with van der Waals surface area (Å²) in [5, 5.41) is 20.9. The van der Waals surface area contributed by atoms with Gasteiger partial charge in [-0.3, -0.25) is 0 Å². The van der Waals surface area contributed by atoms with Gasteiger partial charge in [-0.2, -0.15) is 0 Å². The molecule has 1 rings (SSSR count). The second-order valence-electron chi connectivity index (χ2n) is 2.34. The van der Waals surface area contributed by atoms with Crippen LogP contribution in [0.1, 0.15) is 20.7 Å². The van der Waals surface area contributed by atoms with Crippen molar-refractivity contribution >= 4 is 17.6 Å². The van der Waals surface area contributed by atoms with Crippen LogP contribution in [0, 0.1) is 0 Å². The Bertz CT molecular complexity index is 381. The molecule has 15 heavy (non-hydrogen) atoms. The average molecular weight is 225 g/mol. The van der Waals surface area contributed by atoms with Crippen molar-refractivity contribution in [3.05, 3.63) is 29.3 Å². The third-order valence-electron chi connectivity index (χ3n) is 1.52. The van der Waals surface area contributed by atoms with E-state index in [0.717, 1.165) is 6.07 Å². The van der Waals surface area contributed by atoms with Crippen LogP contribution in [-0.2, 0) is 0 Å². The van der Waals surface area contributed by atoms with E-state index < -0.39 is 23.1 Å². The summed E-state index contributed by atoms with van der Waals surface area (Å²) in [6.45, 7) is 0. The molecule has 0 aliphatic carbocycles. The predicted molar refractivity (Wildman–Crippen MR) is 39.5 cm³/mol. The van der Waals surface area contributed by atoms with Gasteiger partial charge in [0.25, 0.3) is 0 Å². The molecule has 0 heterocycles. The Hall–Kier alpha value is -0.0400. The maximum absolute atomic E-state index is 10.5. The first-order valence-electron chi connectivity index (χ1n) is 3.35. The van der Waals surface area contributed by atoms with Crippen molar-refractivity contribution in [2.24, 2.45) is 0 Å². The molecule has 0 unspecified atom stereocenters. The number of carbonyl (C=O) groups is 2. The van der Waals surface area contributed by atoms with E-state index >= 15 is 0 Å². The van der Waals surface area contributed by atoms with E-state index in [2.05, 4.69) is 0 Å². The number of hydrogen-bond donors (Lipinski definition) is 1. The van der Waals surface area contributed by atoms with Gasteiger partial charge in [0.15, 0.2) is 0 Å². The number of nitrogens with two attached hydrogens (primary N) is 1. The monoisotopic (exact) mass is 225 g/mol. The largest absolute Gasteiger partial charge is 1.00 e. The molecule has 0 spiro atoms. The van der Waals surface area contributed by atoms with Crippen LogP contribution in [0.5, 0.6) is 0 Å². The summed E-state index contributed by atoms with van der Waals surface area (Å²) < 4.78 is 0. The zero-order chi connectivity index (χ0) is 10.0. The molecule has 0 radical (unpaired) electrons. The van der Waals surface area contributed by atoms with Crippen LogP contribution in [0.3, 0.4) is 0 Å². The number of benzene rings is 1. The Kier molecular flexibility index (Phi) is 8.41. The third-order valence-corrected chi connectivity index (χ3v) is 1.52. The molecule has 0 saturated carbocycles. The Morgan fingerprint density at radius 1 is 1.07 bits per heavy atom. The average Bonchev–Trinajstić information content (AvgIpc) is 2.02. The molecular weight excluding hydrogens is 220 g/mol. The van der Waals surface area contributed by atoms with E-state index in [0.29, 0.717) is 0 Å². The number of nitrogen functional groups attached to an aromatic ring is 1. The Morgan fingerprint density at radius 2 is 1.60 bits per heavy atom. The van der Waals surface area contributed by atoms with Crippen molar-refractivity contribution in [3.63, 3.8) is 0 Å². The minimum Gasteiger partial charge on any atom is -0.545 e. The first-order chi connectivity index (χ1) is 6.04. The van der Waals surface area contributed by atoms with Crippen LogP contribution in [0.25, 0.3) is 0 Å².